The van der Waals surface area contributed by atoms with Crippen LogP contribution < -0.4 is 5.73 Å². The lowest BCUT2D eigenvalue weighted by Gasteiger charge is -2.45. The fraction of sp³-hybridized carbons (Fsp3) is 0.722. The van der Waals surface area contributed by atoms with E-state index in [-0.39, 0.29) is 5.54 Å². The molecule has 0 unspecified atom stereocenters. The highest BCUT2D eigenvalue weighted by molar-refractivity contribution is 5.10. The SMILES string of the molecule is CCN(Cc1ccncc1)C(CN)(CC(C)C)CC(C)C. The van der Waals surface area contributed by atoms with Crippen LogP contribution in [0.25, 0.3) is 0 Å². The van der Waals surface area contributed by atoms with E-state index in [9.17, 15) is 0 Å². The Labute approximate surface area is 130 Å². The van der Waals surface area contributed by atoms with Gasteiger partial charge in [0, 0.05) is 31.0 Å². The lowest BCUT2D eigenvalue weighted by molar-refractivity contribution is 0.0507. The lowest BCUT2D eigenvalue weighted by atomic mass is 9.80. The van der Waals surface area contributed by atoms with Crippen molar-refractivity contribution in [1.29, 1.82) is 0 Å². The van der Waals surface area contributed by atoms with E-state index in [2.05, 4.69) is 56.6 Å². The Kier molecular flexibility index (Phi) is 7.33. The van der Waals surface area contributed by atoms with Gasteiger partial charge in [0.2, 0.25) is 0 Å². The van der Waals surface area contributed by atoms with Crippen molar-refractivity contribution in [2.75, 3.05) is 13.1 Å². The van der Waals surface area contributed by atoms with E-state index in [1.165, 1.54) is 5.56 Å². The maximum atomic E-state index is 6.28. The van der Waals surface area contributed by atoms with Crippen LogP contribution in [0.15, 0.2) is 24.5 Å². The van der Waals surface area contributed by atoms with Crippen LogP contribution in [0.3, 0.4) is 0 Å². The van der Waals surface area contributed by atoms with E-state index in [0.29, 0.717) is 11.8 Å². The summed E-state index contributed by atoms with van der Waals surface area (Å²) in [4.78, 5) is 6.69. The highest BCUT2D eigenvalue weighted by Gasteiger charge is 2.35. The number of nitrogens with zero attached hydrogens (tertiary/aromatic N) is 2. The summed E-state index contributed by atoms with van der Waals surface area (Å²) in [6.07, 6.45) is 6.05. The van der Waals surface area contributed by atoms with Crippen LogP contribution in [0.4, 0.5) is 0 Å². The molecule has 0 aromatic carbocycles. The molecule has 0 spiro atoms. The number of hydrogen-bond acceptors (Lipinski definition) is 3. The van der Waals surface area contributed by atoms with Gasteiger partial charge in [-0.05, 0) is 48.9 Å². The molecule has 0 aliphatic rings. The molecule has 1 aromatic heterocycles. The Morgan fingerprint density at radius 1 is 1.10 bits per heavy atom. The Bertz CT molecular complexity index is 377. The molecule has 0 bridgehead atoms. The zero-order chi connectivity index (χ0) is 15.9. The first-order chi connectivity index (χ1) is 9.93. The summed E-state index contributed by atoms with van der Waals surface area (Å²) in [5, 5.41) is 0. The summed E-state index contributed by atoms with van der Waals surface area (Å²) in [5.41, 5.74) is 7.69. The molecule has 21 heavy (non-hydrogen) atoms. The van der Waals surface area contributed by atoms with Crippen molar-refractivity contribution < 1.29 is 0 Å². The number of rotatable bonds is 9. The van der Waals surface area contributed by atoms with E-state index in [1.807, 2.05) is 12.4 Å². The van der Waals surface area contributed by atoms with Gasteiger partial charge in [-0.2, -0.15) is 0 Å². The molecule has 1 aromatic rings. The molecular formula is C18H33N3. The van der Waals surface area contributed by atoms with Crippen molar-refractivity contribution in [1.82, 2.24) is 9.88 Å². The summed E-state index contributed by atoms with van der Waals surface area (Å²) in [7, 11) is 0. The predicted octanol–water partition coefficient (Wildman–Crippen LogP) is 3.69. The van der Waals surface area contributed by atoms with Crippen LogP contribution in [0.1, 0.15) is 53.0 Å². The maximum Gasteiger partial charge on any atom is 0.0340 e. The van der Waals surface area contributed by atoms with E-state index >= 15 is 0 Å². The molecule has 0 atom stereocenters. The van der Waals surface area contributed by atoms with E-state index in [0.717, 1.165) is 32.5 Å². The third-order valence-corrected chi connectivity index (χ3v) is 4.13. The minimum absolute atomic E-state index is 0.0976. The minimum atomic E-state index is 0.0976. The largest absolute Gasteiger partial charge is 0.329 e. The van der Waals surface area contributed by atoms with Crippen molar-refractivity contribution in [2.24, 2.45) is 17.6 Å². The summed E-state index contributed by atoms with van der Waals surface area (Å²) in [6.45, 7) is 14.1. The first-order valence-electron chi connectivity index (χ1n) is 8.27. The van der Waals surface area contributed by atoms with Gasteiger partial charge in [-0.1, -0.05) is 34.6 Å². The van der Waals surface area contributed by atoms with Crippen molar-refractivity contribution in [3.05, 3.63) is 30.1 Å². The standard InChI is InChI=1S/C18H33N3/c1-6-21(13-17-7-9-20-10-8-17)18(14-19,11-15(2)3)12-16(4)5/h7-10,15-16H,6,11-14,19H2,1-5H3. The Morgan fingerprint density at radius 2 is 1.62 bits per heavy atom. The number of nitrogens with two attached hydrogens (primary N) is 1. The predicted molar refractivity (Wildman–Crippen MR) is 91.0 cm³/mol. The zero-order valence-corrected chi connectivity index (χ0v) is 14.5. The second-order valence-corrected chi connectivity index (χ2v) is 6.99. The van der Waals surface area contributed by atoms with Gasteiger partial charge in [-0.25, -0.2) is 0 Å². The average Bonchev–Trinajstić information content (AvgIpc) is 2.44. The topological polar surface area (TPSA) is 42.2 Å². The molecule has 0 amide bonds. The Hall–Kier alpha value is -0.930. The monoisotopic (exact) mass is 291 g/mol. The first-order valence-corrected chi connectivity index (χ1v) is 8.27. The molecule has 0 aliphatic carbocycles. The fourth-order valence-corrected chi connectivity index (χ4v) is 3.48. The van der Waals surface area contributed by atoms with Crippen LogP contribution in [-0.4, -0.2) is 28.5 Å². The zero-order valence-electron chi connectivity index (χ0n) is 14.5. The second-order valence-electron chi connectivity index (χ2n) is 6.99. The third-order valence-electron chi connectivity index (χ3n) is 4.13. The quantitative estimate of drug-likeness (QED) is 0.754. The van der Waals surface area contributed by atoms with Crippen LogP contribution in [0.2, 0.25) is 0 Å². The van der Waals surface area contributed by atoms with Crippen molar-refractivity contribution in [3.8, 4) is 0 Å². The molecule has 0 saturated heterocycles. The molecule has 0 radical (unpaired) electrons. The second kappa shape index (κ2) is 8.50. The van der Waals surface area contributed by atoms with Crippen molar-refractivity contribution >= 4 is 0 Å². The van der Waals surface area contributed by atoms with Crippen molar-refractivity contribution in [3.63, 3.8) is 0 Å². The summed E-state index contributed by atoms with van der Waals surface area (Å²) >= 11 is 0. The van der Waals surface area contributed by atoms with Gasteiger partial charge in [0.1, 0.15) is 0 Å². The molecule has 2 N–H and O–H groups in total. The highest BCUT2D eigenvalue weighted by Crippen LogP contribution is 2.31. The molecule has 0 saturated carbocycles. The molecule has 3 nitrogen and oxygen atoms in total. The highest BCUT2D eigenvalue weighted by atomic mass is 15.2. The number of likely N-dealkylation sites (N-methyl/N-ethyl adjacent to an activating group) is 1. The molecule has 0 fully saturated rings. The molecular weight excluding hydrogens is 258 g/mol. The third kappa shape index (κ3) is 5.40. The maximum absolute atomic E-state index is 6.28. The molecule has 3 heteroatoms. The first kappa shape index (κ1) is 18.1. The van der Waals surface area contributed by atoms with Crippen LogP contribution in [0.5, 0.6) is 0 Å². The Balaban J connectivity index is 3.00. The van der Waals surface area contributed by atoms with Gasteiger partial charge < -0.3 is 5.73 Å². The lowest BCUT2D eigenvalue weighted by Crippen LogP contribution is -2.55. The Morgan fingerprint density at radius 3 is 2.00 bits per heavy atom. The van der Waals surface area contributed by atoms with Crippen LogP contribution in [0, 0.1) is 11.8 Å². The fourth-order valence-electron chi connectivity index (χ4n) is 3.48. The minimum Gasteiger partial charge on any atom is -0.329 e. The van der Waals surface area contributed by atoms with Gasteiger partial charge in [0.25, 0.3) is 0 Å². The van der Waals surface area contributed by atoms with Gasteiger partial charge in [0.05, 0.1) is 0 Å². The van der Waals surface area contributed by atoms with Gasteiger partial charge in [-0.3, -0.25) is 9.88 Å². The van der Waals surface area contributed by atoms with E-state index in [4.69, 9.17) is 5.73 Å². The molecule has 1 heterocycles. The number of pyridine rings is 1. The van der Waals surface area contributed by atoms with E-state index in [1.54, 1.807) is 0 Å². The number of aromatic nitrogens is 1. The molecule has 1 rings (SSSR count). The number of hydrogen-bond donors (Lipinski definition) is 1. The molecule has 120 valence electrons. The summed E-state index contributed by atoms with van der Waals surface area (Å²) < 4.78 is 0. The molecule has 0 aliphatic heterocycles. The summed E-state index contributed by atoms with van der Waals surface area (Å²) in [6, 6.07) is 4.21. The van der Waals surface area contributed by atoms with Crippen molar-refractivity contribution in [2.45, 2.75) is 59.5 Å². The summed E-state index contributed by atoms with van der Waals surface area (Å²) in [5.74, 6) is 1.30. The van der Waals surface area contributed by atoms with E-state index < -0.39 is 0 Å². The van der Waals surface area contributed by atoms with Gasteiger partial charge >= 0.3 is 0 Å². The smallest absolute Gasteiger partial charge is 0.0340 e. The van der Waals surface area contributed by atoms with Crippen LogP contribution >= 0.6 is 0 Å². The normalized spacial score (nSPS) is 12.6. The van der Waals surface area contributed by atoms with Gasteiger partial charge in [-0.15, -0.1) is 0 Å². The van der Waals surface area contributed by atoms with Gasteiger partial charge in [0.15, 0.2) is 0 Å². The average molecular weight is 291 g/mol. The van der Waals surface area contributed by atoms with Crippen LogP contribution in [-0.2, 0) is 6.54 Å².